The number of nitro benzene ring substituents is 1. The first-order chi connectivity index (χ1) is 6.25. The lowest BCUT2D eigenvalue weighted by molar-refractivity contribution is -0.383. The highest BCUT2D eigenvalue weighted by molar-refractivity contribution is 5.61. The molecule has 0 heterocycles. The fourth-order valence-corrected chi connectivity index (χ4v) is 0.713. The minimum atomic E-state index is -0.562. The van der Waals surface area contributed by atoms with Gasteiger partial charge in [0.1, 0.15) is 0 Å². The maximum Gasteiger partial charge on any atom is 0.278 e. The zero-order chi connectivity index (χ0) is 10.3. The first kappa shape index (κ1) is 11.1. The van der Waals surface area contributed by atoms with Gasteiger partial charge in [-0.05, 0) is 6.07 Å². The van der Waals surface area contributed by atoms with Crippen LogP contribution in [0.3, 0.4) is 0 Å². The second kappa shape index (κ2) is 5.72. The Labute approximate surface area is 76.8 Å². The van der Waals surface area contributed by atoms with E-state index in [-0.39, 0.29) is 11.4 Å². The van der Waals surface area contributed by atoms with Crippen molar-refractivity contribution in [2.45, 2.75) is 13.8 Å². The molecule has 1 aromatic carbocycles. The summed E-state index contributed by atoms with van der Waals surface area (Å²) < 4.78 is 0. The van der Waals surface area contributed by atoms with Gasteiger partial charge in [-0.25, -0.2) is 4.85 Å². The van der Waals surface area contributed by atoms with Crippen molar-refractivity contribution in [2.24, 2.45) is 0 Å². The molecule has 0 saturated heterocycles. The Kier molecular flexibility index (Phi) is 4.89. The molecule has 0 aliphatic heterocycles. The van der Waals surface area contributed by atoms with Gasteiger partial charge in [-0.2, -0.15) is 0 Å². The highest BCUT2D eigenvalue weighted by Crippen LogP contribution is 2.25. The molecule has 0 atom stereocenters. The van der Waals surface area contributed by atoms with Gasteiger partial charge < -0.3 is 0 Å². The van der Waals surface area contributed by atoms with E-state index in [1.807, 2.05) is 13.8 Å². The maximum atomic E-state index is 10.2. The molecule has 0 radical (unpaired) electrons. The molecule has 1 rings (SSSR count). The molecule has 4 heteroatoms. The first-order valence-corrected chi connectivity index (χ1v) is 3.86. The number of benzene rings is 1. The molecule has 0 bridgehead atoms. The third kappa shape index (κ3) is 2.91. The summed E-state index contributed by atoms with van der Waals surface area (Å²) in [7, 11) is 0. The normalized spacial score (nSPS) is 7.77. The molecule has 0 fully saturated rings. The Bertz CT molecular complexity index is 329. The van der Waals surface area contributed by atoms with Crippen LogP contribution in [0.5, 0.6) is 0 Å². The smallest absolute Gasteiger partial charge is 0.260 e. The average molecular weight is 178 g/mol. The first-order valence-electron chi connectivity index (χ1n) is 3.86. The Hall–Kier alpha value is -1.89. The predicted octanol–water partition coefficient (Wildman–Crippen LogP) is 3.17. The fraction of sp³-hybridized carbons (Fsp3) is 0.222. The number of nitrogens with zero attached hydrogens (tertiary/aromatic N) is 2. The second-order valence-corrected chi connectivity index (χ2v) is 1.86. The van der Waals surface area contributed by atoms with E-state index < -0.39 is 4.92 Å². The molecule has 0 aromatic heterocycles. The van der Waals surface area contributed by atoms with Crippen molar-refractivity contribution in [3.63, 3.8) is 0 Å². The Morgan fingerprint density at radius 2 is 1.92 bits per heavy atom. The van der Waals surface area contributed by atoms with Crippen LogP contribution in [-0.4, -0.2) is 4.92 Å². The molecule has 0 aliphatic rings. The largest absolute Gasteiger partial charge is 0.278 e. The summed E-state index contributed by atoms with van der Waals surface area (Å²) in [6.45, 7) is 10.6. The summed E-state index contributed by atoms with van der Waals surface area (Å²) >= 11 is 0. The van der Waals surface area contributed by atoms with E-state index in [0.29, 0.717) is 0 Å². The lowest BCUT2D eigenvalue weighted by Crippen LogP contribution is -1.86. The SMILES string of the molecule is CC.[C-]#[N+]c1ccccc1[N+](=O)[O-]. The minimum Gasteiger partial charge on any atom is -0.260 e. The molecule has 0 aliphatic carbocycles. The number of hydrogen-bond acceptors (Lipinski definition) is 2. The van der Waals surface area contributed by atoms with Crippen LogP contribution in [0, 0.1) is 16.7 Å². The lowest BCUT2D eigenvalue weighted by Gasteiger charge is -1.90. The van der Waals surface area contributed by atoms with Crippen LogP contribution in [-0.2, 0) is 0 Å². The molecule has 1 aromatic rings. The van der Waals surface area contributed by atoms with Gasteiger partial charge in [-0.15, -0.1) is 0 Å². The van der Waals surface area contributed by atoms with Crippen molar-refractivity contribution in [3.8, 4) is 0 Å². The van der Waals surface area contributed by atoms with E-state index in [9.17, 15) is 10.1 Å². The molecule has 0 amide bonds. The minimum absolute atomic E-state index is 0.0810. The number of para-hydroxylation sites is 2. The topological polar surface area (TPSA) is 47.5 Å². The quantitative estimate of drug-likeness (QED) is 0.376. The second-order valence-electron chi connectivity index (χ2n) is 1.86. The van der Waals surface area contributed by atoms with Crippen LogP contribution in [0.1, 0.15) is 13.8 Å². The highest BCUT2D eigenvalue weighted by Gasteiger charge is 2.10. The Morgan fingerprint density at radius 1 is 1.38 bits per heavy atom. The highest BCUT2D eigenvalue weighted by atomic mass is 16.6. The van der Waals surface area contributed by atoms with Gasteiger partial charge >= 0.3 is 0 Å². The number of hydrogen-bond donors (Lipinski definition) is 0. The van der Waals surface area contributed by atoms with Gasteiger partial charge in [0.25, 0.3) is 11.4 Å². The summed E-state index contributed by atoms with van der Waals surface area (Å²) in [5.74, 6) is 0. The monoisotopic (exact) mass is 178 g/mol. The van der Waals surface area contributed by atoms with Gasteiger partial charge in [-0.3, -0.25) is 10.1 Å². The summed E-state index contributed by atoms with van der Waals surface area (Å²) in [6.07, 6.45) is 0. The van der Waals surface area contributed by atoms with Crippen LogP contribution < -0.4 is 0 Å². The van der Waals surface area contributed by atoms with E-state index in [1.165, 1.54) is 18.2 Å². The van der Waals surface area contributed by atoms with Crippen LogP contribution >= 0.6 is 0 Å². The van der Waals surface area contributed by atoms with E-state index in [4.69, 9.17) is 6.57 Å². The van der Waals surface area contributed by atoms with Gasteiger partial charge in [-0.1, -0.05) is 26.0 Å². The van der Waals surface area contributed by atoms with Crippen LogP contribution in [0.4, 0.5) is 11.4 Å². The van der Waals surface area contributed by atoms with Gasteiger partial charge in [0, 0.05) is 6.07 Å². The zero-order valence-corrected chi connectivity index (χ0v) is 7.52. The summed E-state index contributed by atoms with van der Waals surface area (Å²) in [5, 5.41) is 10.2. The van der Waals surface area contributed by atoms with Crippen molar-refractivity contribution in [3.05, 3.63) is 45.8 Å². The molecular weight excluding hydrogens is 168 g/mol. The Morgan fingerprint density at radius 3 is 2.31 bits per heavy atom. The van der Waals surface area contributed by atoms with Gasteiger partial charge in [0.15, 0.2) is 0 Å². The molecule has 0 unspecified atom stereocenters. The maximum absolute atomic E-state index is 10.2. The summed E-state index contributed by atoms with van der Waals surface area (Å²) in [5.41, 5.74) is -0.0556. The van der Waals surface area contributed by atoms with Gasteiger partial charge in [0.05, 0.1) is 11.5 Å². The fourth-order valence-electron chi connectivity index (χ4n) is 0.713. The van der Waals surface area contributed by atoms with E-state index in [2.05, 4.69) is 4.85 Å². The summed E-state index contributed by atoms with van der Waals surface area (Å²) in [6, 6.07) is 5.87. The predicted molar refractivity (Wildman–Crippen MR) is 50.7 cm³/mol. The van der Waals surface area contributed by atoms with Crippen LogP contribution in [0.15, 0.2) is 24.3 Å². The van der Waals surface area contributed by atoms with Crippen molar-refractivity contribution >= 4 is 11.4 Å². The molecule has 13 heavy (non-hydrogen) atoms. The third-order valence-electron chi connectivity index (χ3n) is 1.20. The number of nitro groups is 1. The standard InChI is InChI=1S/C7H4N2O2.C2H6/c1-8-6-4-2-3-5-7(6)9(10)11;1-2/h2-5H;1-2H3. The third-order valence-corrected chi connectivity index (χ3v) is 1.20. The van der Waals surface area contributed by atoms with Crippen molar-refractivity contribution in [1.82, 2.24) is 0 Å². The van der Waals surface area contributed by atoms with Crippen molar-refractivity contribution in [1.29, 1.82) is 0 Å². The van der Waals surface area contributed by atoms with Crippen LogP contribution in [0.2, 0.25) is 0 Å². The molecule has 0 N–H and O–H groups in total. The summed E-state index contributed by atoms with van der Waals surface area (Å²) in [4.78, 5) is 12.7. The average Bonchev–Trinajstić information content (AvgIpc) is 2.20. The van der Waals surface area contributed by atoms with Gasteiger partial charge in [0.2, 0.25) is 0 Å². The molecule has 0 saturated carbocycles. The van der Waals surface area contributed by atoms with E-state index in [0.717, 1.165) is 0 Å². The van der Waals surface area contributed by atoms with Crippen LogP contribution in [0.25, 0.3) is 4.85 Å². The molecule has 4 nitrogen and oxygen atoms in total. The number of rotatable bonds is 1. The molecular formula is C9H10N2O2. The zero-order valence-electron chi connectivity index (χ0n) is 7.52. The van der Waals surface area contributed by atoms with Crippen molar-refractivity contribution < 1.29 is 4.92 Å². The molecule has 68 valence electrons. The van der Waals surface area contributed by atoms with E-state index >= 15 is 0 Å². The Balaban J connectivity index is 0.000000671. The lowest BCUT2D eigenvalue weighted by atomic mass is 10.3. The van der Waals surface area contributed by atoms with E-state index in [1.54, 1.807) is 6.07 Å². The van der Waals surface area contributed by atoms with Crippen molar-refractivity contribution in [2.75, 3.05) is 0 Å². The molecule has 0 spiro atoms.